The molecular formula is C22H23F3N4O5S. The highest BCUT2D eigenvalue weighted by molar-refractivity contribution is 7.92. The molecule has 0 spiro atoms. The lowest BCUT2D eigenvalue weighted by molar-refractivity contribution is -0.192. The van der Waals surface area contributed by atoms with Crippen LogP contribution in [0.2, 0.25) is 0 Å². The fourth-order valence-corrected chi connectivity index (χ4v) is 3.25. The Labute approximate surface area is 199 Å². The number of benzene rings is 2. The number of carbonyl (C=O) groups excluding carboxylic acids is 1. The number of nitrogens with zero attached hydrogens (tertiary/aromatic N) is 2. The molecule has 0 bridgehead atoms. The van der Waals surface area contributed by atoms with Crippen molar-refractivity contribution in [2.45, 2.75) is 26.9 Å². The SMILES string of the molecule is CCS(=O)(=O)Nc1ccc(C(=O)Nc2ccc(-n3cnc(C)c3C)cc2)cc1.O=C(O)C(F)(F)F. The molecule has 13 heteroatoms. The number of aliphatic carboxylic acids is 1. The van der Waals surface area contributed by atoms with Gasteiger partial charge in [-0.1, -0.05) is 0 Å². The van der Waals surface area contributed by atoms with Crippen LogP contribution in [0.15, 0.2) is 54.9 Å². The molecule has 2 aromatic carbocycles. The number of alkyl halides is 3. The molecule has 0 aliphatic rings. The van der Waals surface area contributed by atoms with Crippen LogP contribution in [-0.2, 0) is 14.8 Å². The van der Waals surface area contributed by atoms with E-state index in [1.165, 1.54) is 0 Å². The Bertz CT molecular complexity index is 1290. The Kier molecular flexibility index (Phi) is 8.63. The number of carboxylic acids is 1. The summed E-state index contributed by atoms with van der Waals surface area (Å²) >= 11 is 0. The second kappa shape index (κ2) is 11.0. The Hall–Kier alpha value is -3.87. The van der Waals surface area contributed by atoms with Gasteiger partial charge in [0, 0.05) is 28.3 Å². The summed E-state index contributed by atoms with van der Waals surface area (Å²) in [6.45, 7) is 5.52. The third kappa shape index (κ3) is 7.84. The van der Waals surface area contributed by atoms with Crippen molar-refractivity contribution in [1.29, 1.82) is 0 Å². The molecule has 0 radical (unpaired) electrons. The summed E-state index contributed by atoms with van der Waals surface area (Å²) in [5, 5.41) is 9.96. The highest BCUT2D eigenvalue weighted by atomic mass is 32.2. The van der Waals surface area contributed by atoms with Crippen molar-refractivity contribution in [2.75, 3.05) is 15.8 Å². The lowest BCUT2D eigenvalue weighted by atomic mass is 10.2. The number of aryl methyl sites for hydroxylation is 1. The van der Waals surface area contributed by atoms with Crippen LogP contribution in [0.4, 0.5) is 24.5 Å². The first-order chi connectivity index (χ1) is 16.2. The van der Waals surface area contributed by atoms with Crippen molar-refractivity contribution in [3.63, 3.8) is 0 Å². The standard InChI is InChI=1S/C20H22N4O3S.C2HF3O2/c1-4-28(26,27)23-18-7-5-16(6-8-18)20(25)22-17-9-11-19(12-10-17)24-13-21-14(2)15(24)3;3-2(4,5)1(6)7/h5-13,23H,4H2,1-3H3,(H,22,25);(H,6,7). The molecule has 0 saturated heterocycles. The van der Waals surface area contributed by atoms with E-state index in [1.54, 1.807) is 37.5 Å². The van der Waals surface area contributed by atoms with E-state index < -0.39 is 22.2 Å². The van der Waals surface area contributed by atoms with Gasteiger partial charge in [0.1, 0.15) is 0 Å². The van der Waals surface area contributed by atoms with Gasteiger partial charge in [-0.25, -0.2) is 18.2 Å². The molecule has 3 N–H and O–H groups in total. The number of rotatable bonds is 6. The molecule has 188 valence electrons. The topological polar surface area (TPSA) is 130 Å². The van der Waals surface area contributed by atoms with Gasteiger partial charge in [0.05, 0.1) is 17.8 Å². The van der Waals surface area contributed by atoms with Gasteiger partial charge in [-0.2, -0.15) is 13.2 Å². The minimum absolute atomic E-state index is 0.0105. The van der Waals surface area contributed by atoms with E-state index in [-0.39, 0.29) is 11.7 Å². The van der Waals surface area contributed by atoms with Crippen LogP contribution in [-0.4, -0.2) is 46.9 Å². The van der Waals surface area contributed by atoms with Crippen molar-refractivity contribution in [3.8, 4) is 5.69 Å². The summed E-state index contributed by atoms with van der Waals surface area (Å²) in [6, 6.07) is 13.8. The van der Waals surface area contributed by atoms with Crippen LogP contribution in [0.25, 0.3) is 5.69 Å². The number of aromatic nitrogens is 2. The number of amides is 1. The van der Waals surface area contributed by atoms with Crippen molar-refractivity contribution in [2.24, 2.45) is 0 Å². The number of nitrogens with one attached hydrogen (secondary N) is 2. The molecule has 35 heavy (non-hydrogen) atoms. The number of carboxylic acid groups (broad SMARTS) is 1. The van der Waals surface area contributed by atoms with E-state index in [4.69, 9.17) is 9.90 Å². The summed E-state index contributed by atoms with van der Waals surface area (Å²) in [5.41, 5.74) is 4.53. The number of hydrogen-bond acceptors (Lipinski definition) is 5. The number of sulfonamides is 1. The number of imidazole rings is 1. The smallest absolute Gasteiger partial charge is 0.475 e. The van der Waals surface area contributed by atoms with Crippen LogP contribution in [0.1, 0.15) is 28.7 Å². The Balaban J connectivity index is 0.000000540. The highest BCUT2D eigenvalue weighted by Gasteiger charge is 2.38. The zero-order chi connectivity index (χ0) is 26.4. The first-order valence-corrected chi connectivity index (χ1v) is 11.7. The first kappa shape index (κ1) is 27.4. The molecule has 1 amide bonds. The highest BCUT2D eigenvalue weighted by Crippen LogP contribution is 2.18. The van der Waals surface area contributed by atoms with Crippen LogP contribution in [0.5, 0.6) is 0 Å². The number of carbonyl (C=O) groups is 2. The fraction of sp³-hybridized carbons (Fsp3) is 0.227. The van der Waals surface area contributed by atoms with Crippen LogP contribution >= 0.6 is 0 Å². The molecule has 1 aromatic heterocycles. The molecule has 0 aliphatic heterocycles. The average Bonchev–Trinajstić information content (AvgIpc) is 3.12. The predicted octanol–water partition coefficient (Wildman–Crippen LogP) is 4.14. The van der Waals surface area contributed by atoms with E-state index in [2.05, 4.69) is 15.0 Å². The maximum Gasteiger partial charge on any atom is 0.490 e. The van der Waals surface area contributed by atoms with E-state index in [0.29, 0.717) is 16.9 Å². The molecule has 0 unspecified atom stereocenters. The zero-order valence-corrected chi connectivity index (χ0v) is 19.7. The van der Waals surface area contributed by atoms with Gasteiger partial charge in [-0.3, -0.25) is 9.52 Å². The second-order valence-electron chi connectivity index (χ2n) is 7.17. The lowest BCUT2D eigenvalue weighted by Gasteiger charge is -2.09. The van der Waals surface area contributed by atoms with E-state index in [0.717, 1.165) is 17.1 Å². The maximum atomic E-state index is 12.4. The van der Waals surface area contributed by atoms with Crippen LogP contribution in [0.3, 0.4) is 0 Å². The van der Waals surface area contributed by atoms with E-state index in [1.807, 2.05) is 42.7 Å². The Morgan fingerprint density at radius 3 is 1.94 bits per heavy atom. The molecule has 3 aromatic rings. The van der Waals surface area contributed by atoms with Crippen molar-refractivity contribution < 1.29 is 36.3 Å². The van der Waals surface area contributed by atoms with Gasteiger partial charge in [0.2, 0.25) is 10.0 Å². The quantitative estimate of drug-likeness (QED) is 0.455. The first-order valence-electron chi connectivity index (χ1n) is 10.1. The summed E-state index contributed by atoms with van der Waals surface area (Å²) in [4.78, 5) is 25.6. The Morgan fingerprint density at radius 1 is 1.00 bits per heavy atom. The summed E-state index contributed by atoms with van der Waals surface area (Å²) in [7, 11) is -3.34. The van der Waals surface area contributed by atoms with Gasteiger partial charge in [0.25, 0.3) is 5.91 Å². The molecule has 0 fully saturated rings. The molecule has 0 aliphatic carbocycles. The van der Waals surface area contributed by atoms with Gasteiger partial charge in [-0.05, 0) is 69.3 Å². The number of hydrogen-bond donors (Lipinski definition) is 3. The van der Waals surface area contributed by atoms with Crippen LogP contribution in [0, 0.1) is 13.8 Å². The van der Waals surface area contributed by atoms with Gasteiger partial charge in [0.15, 0.2) is 0 Å². The monoisotopic (exact) mass is 512 g/mol. The molecule has 0 saturated carbocycles. The summed E-state index contributed by atoms with van der Waals surface area (Å²) in [6.07, 6.45) is -3.31. The maximum absolute atomic E-state index is 12.4. The fourth-order valence-electron chi connectivity index (χ4n) is 2.61. The molecule has 3 rings (SSSR count). The second-order valence-corrected chi connectivity index (χ2v) is 9.18. The largest absolute Gasteiger partial charge is 0.490 e. The molecular weight excluding hydrogens is 489 g/mol. The third-order valence-electron chi connectivity index (χ3n) is 4.70. The molecule has 9 nitrogen and oxygen atoms in total. The van der Waals surface area contributed by atoms with Crippen molar-refractivity contribution >= 4 is 33.3 Å². The minimum Gasteiger partial charge on any atom is -0.475 e. The average molecular weight is 513 g/mol. The lowest BCUT2D eigenvalue weighted by Crippen LogP contribution is -2.21. The third-order valence-corrected chi connectivity index (χ3v) is 6.00. The van der Waals surface area contributed by atoms with Crippen molar-refractivity contribution in [1.82, 2.24) is 9.55 Å². The van der Waals surface area contributed by atoms with E-state index in [9.17, 15) is 26.4 Å². The normalized spacial score (nSPS) is 11.3. The number of halogens is 3. The van der Waals surface area contributed by atoms with Gasteiger partial charge >= 0.3 is 12.1 Å². The van der Waals surface area contributed by atoms with Crippen molar-refractivity contribution in [3.05, 3.63) is 71.8 Å². The van der Waals surface area contributed by atoms with Gasteiger partial charge in [-0.15, -0.1) is 0 Å². The predicted molar refractivity (Wildman–Crippen MR) is 124 cm³/mol. The zero-order valence-electron chi connectivity index (χ0n) is 18.9. The van der Waals surface area contributed by atoms with Crippen LogP contribution < -0.4 is 10.0 Å². The molecule has 1 heterocycles. The van der Waals surface area contributed by atoms with E-state index >= 15 is 0 Å². The summed E-state index contributed by atoms with van der Waals surface area (Å²) < 4.78 is 59.3. The Morgan fingerprint density at radius 2 is 1.51 bits per heavy atom. The molecule has 0 atom stereocenters. The van der Waals surface area contributed by atoms with Gasteiger partial charge < -0.3 is 15.0 Å². The number of anilines is 2. The summed E-state index contributed by atoms with van der Waals surface area (Å²) in [5.74, 6) is -3.04. The minimum atomic E-state index is -5.08.